The molecule has 0 atom stereocenters. The Labute approximate surface area is 175 Å². The third-order valence-electron chi connectivity index (χ3n) is 3.81. The molecule has 29 heavy (non-hydrogen) atoms. The van der Waals surface area contributed by atoms with Crippen LogP contribution in [0, 0.1) is 13.8 Å². The molecule has 0 saturated carbocycles. The van der Waals surface area contributed by atoms with Crippen molar-refractivity contribution in [1.29, 1.82) is 0 Å². The van der Waals surface area contributed by atoms with E-state index in [1.165, 1.54) is 17.3 Å². The summed E-state index contributed by atoms with van der Waals surface area (Å²) in [6.45, 7) is 17.9. The normalized spacial score (nSPS) is 9.93. The van der Waals surface area contributed by atoms with Gasteiger partial charge in [-0.3, -0.25) is 10.4 Å². The van der Waals surface area contributed by atoms with E-state index in [4.69, 9.17) is 0 Å². The van der Waals surface area contributed by atoms with Gasteiger partial charge in [-0.25, -0.2) is 4.79 Å². The minimum atomic E-state index is -0.421. The molecular formula is C22H38N6O. The molecule has 0 radical (unpaired) electrons. The summed E-state index contributed by atoms with van der Waals surface area (Å²) in [6, 6.07) is 6.01. The highest BCUT2D eigenvalue weighted by Gasteiger charge is 2.09. The van der Waals surface area contributed by atoms with E-state index in [1.807, 2.05) is 50.8 Å². The first kappa shape index (κ1) is 26.3. The van der Waals surface area contributed by atoms with Crippen LogP contribution in [0.1, 0.15) is 71.3 Å². The van der Waals surface area contributed by atoms with Crippen molar-refractivity contribution in [3.05, 3.63) is 45.6 Å². The van der Waals surface area contributed by atoms with Crippen LogP contribution in [-0.2, 0) is 0 Å². The average molecular weight is 403 g/mol. The monoisotopic (exact) mass is 402 g/mol. The maximum atomic E-state index is 11.8. The molecule has 0 spiro atoms. The number of anilines is 2. The number of hydrogen-bond donors (Lipinski definition) is 2. The maximum Gasteiger partial charge on any atom is 0.349 e. The molecule has 0 unspecified atom stereocenters. The summed E-state index contributed by atoms with van der Waals surface area (Å²) < 4.78 is 0. The zero-order chi connectivity index (χ0) is 22.2. The van der Waals surface area contributed by atoms with Gasteiger partial charge < -0.3 is 4.90 Å². The quantitative estimate of drug-likeness (QED) is 0.484. The number of aryl methyl sites for hydroxylation is 2. The van der Waals surface area contributed by atoms with Gasteiger partial charge in [-0.05, 0) is 49.9 Å². The van der Waals surface area contributed by atoms with Crippen LogP contribution in [0.5, 0.6) is 0 Å². The van der Waals surface area contributed by atoms with Gasteiger partial charge in [0.15, 0.2) is 5.82 Å². The molecule has 162 valence electrons. The summed E-state index contributed by atoms with van der Waals surface area (Å²) in [4.78, 5) is 24.8. The van der Waals surface area contributed by atoms with E-state index in [-0.39, 0.29) is 0 Å². The van der Waals surface area contributed by atoms with Crippen molar-refractivity contribution >= 4 is 17.9 Å². The molecule has 0 aliphatic carbocycles. The zero-order valence-electron chi connectivity index (χ0n) is 19.3. The number of aromatic amines is 1. The number of rotatable bonds is 8. The number of nitrogens with zero attached hydrogens (tertiary/aromatic N) is 4. The summed E-state index contributed by atoms with van der Waals surface area (Å²) in [5.74, 6) is 0.823. The minimum absolute atomic E-state index is 0.378. The second kappa shape index (κ2) is 15.2. The first-order valence-electron chi connectivity index (χ1n) is 10.6. The Kier molecular flexibility index (Phi) is 13.8. The molecule has 2 N–H and O–H groups in total. The van der Waals surface area contributed by atoms with E-state index in [2.05, 4.69) is 53.2 Å². The van der Waals surface area contributed by atoms with Crippen molar-refractivity contribution in [3.8, 4) is 0 Å². The molecule has 1 aromatic heterocycles. The van der Waals surface area contributed by atoms with Crippen LogP contribution >= 0.6 is 0 Å². The second-order valence-corrected chi connectivity index (χ2v) is 6.00. The van der Waals surface area contributed by atoms with Crippen molar-refractivity contribution in [1.82, 2.24) is 15.0 Å². The highest BCUT2D eigenvalue weighted by atomic mass is 16.1. The lowest BCUT2D eigenvalue weighted by Gasteiger charge is -2.20. The third kappa shape index (κ3) is 9.36. The Balaban J connectivity index is 0.00000184. The SMILES string of the molecule is CC.CC.CCCN(CCC)c1nc(/C=N/Nc2ccc(C)c(C)c2)[nH]c(=O)n1. The predicted octanol–water partition coefficient (Wildman–Crippen LogP) is 4.91. The molecule has 2 aromatic rings. The number of benzene rings is 1. The Morgan fingerprint density at radius 3 is 2.21 bits per heavy atom. The Morgan fingerprint density at radius 1 is 1.03 bits per heavy atom. The average Bonchev–Trinajstić information content (AvgIpc) is 2.73. The van der Waals surface area contributed by atoms with E-state index >= 15 is 0 Å². The largest absolute Gasteiger partial charge is 0.349 e. The third-order valence-corrected chi connectivity index (χ3v) is 3.81. The molecule has 0 aliphatic rings. The zero-order valence-corrected chi connectivity index (χ0v) is 19.3. The van der Waals surface area contributed by atoms with Crippen LogP contribution in [0.2, 0.25) is 0 Å². The molecule has 1 heterocycles. The standard InChI is InChI=1S/C18H26N6O.2C2H6/c1-5-9-24(10-6-2)17-20-16(21-18(25)22-17)12-19-23-15-8-7-13(3)14(4)11-15;2*1-2/h7-8,11-12,23H,5-6,9-10H2,1-4H3,(H,20,21,22,25);2*1-2H3/b19-12+;;. The summed E-state index contributed by atoms with van der Waals surface area (Å²) in [5.41, 5.74) is 5.83. The first-order chi connectivity index (χ1) is 14.0. The van der Waals surface area contributed by atoms with Crippen LogP contribution in [-0.4, -0.2) is 34.3 Å². The van der Waals surface area contributed by atoms with Gasteiger partial charge in [0.2, 0.25) is 5.95 Å². The van der Waals surface area contributed by atoms with E-state index < -0.39 is 5.69 Å². The Hall–Kier alpha value is -2.70. The van der Waals surface area contributed by atoms with Gasteiger partial charge in [0.05, 0.1) is 11.9 Å². The van der Waals surface area contributed by atoms with E-state index in [0.717, 1.165) is 31.6 Å². The molecular weight excluding hydrogens is 364 g/mol. The van der Waals surface area contributed by atoms with Gasteiger partial charge >= 0.3 is 5.69 Å². The molecule has 0 bridgehead atoms. The number of hydrazone groups is 1. The van der Waals surface area contributed by atoms with Crippen molar-refractivity contribution < 1.29 is 0 Å². The first-order valence-corrected chi connectivity index (χ1v) is 10.6. The fraction of sp³-hybridized carbons (Fsp3) is 0.545. The summed E-state index contributed by atoms with van der Waals surface area (Å²) >= 11 is 0. The molecule has 7 heteroatoms. The van der Waals surface area contributed by atoms with Gasteiger partial charge in [-0.1, -0.05) is 47.6 Å². The highest BCUT2D eigenvalue weighted by Crippen LogP contribution is 2.14. The molecule has 7 nitrogen and oxygen atoms in total. The van der Waals surface area contributed by atoms with Gasteiger partial charge in [0.25, 0.3) is 0 Å². The van der Waals surface area contributed by atoms with Gasteiger partial charge in [-0.2, -0.15) is 15.1 Å². The molecule has 0 aliphatic heterocycles. The highest BCUT2D eigenvalue weighted by molar-refractivity contribution is 5.75. The molecule has 2 rings (SSSR count). The van der Waals surface area contributed by atoms with Crippen LogP contribution < -0.4 is 16.0 Å². The number of hydrogen-bond acceptors (Lipinski definition) is 6. The van der Waals surface area contributed by atoms with Gasteiger partial charge in [0.1, 0.15) is 0 Å². The Morgan fingerprint density at radius 2 is 1.66 bits per heavy atom. The van der Waals surface area contributed by atoms with Crippen molar-refractivity contribution in [2.75, 3.05) is 23.4 Å². The lowest BCUT2D eigenvalue weighted by atomic mass is 10.1. The topological polar surface area (TPSA) is 86.3 Å². The van der Waals surface area contributed by atoms with E-state index in [9.17, 15) is 4.79 Å². The number of H-pyrrole nitrogens is 1. The summed E-state index contributed by atoms with van der Waals surface area (Å²) in [6.07, 6.45) is 3.43. The van der Waals surface area contributed by atoms with Crippen molar-refractivity contribution in [2.24, 2.45) is 5.10 Å². The van der Waals surface area contributed by atoms with Gasteiger partial charge in [-0.15, -0.1) is 0 Å². The minimum Gasteiger partial charge on any atom is -0.341 e. The summed E-state index contributed by atoms with van der Waals surface area (Å²) in [5, 5.41) is 4.16. The fourth-order valence-electron chi connectivity index (χ4n) is 2.42. The molecule has 0 amide bonds. The molecule has 0 saturated heterocycles. The van der Waals surface area contributed by atoms with Crippen LogP contribution in [0.25, 0.3) is 0 Å². The summed E-state index contributed by atoms with van der Waals surface area (Å²) in [7, 11) is 0. The Bertz CT molecular complexity index is 779. The van der Waals surface area contributed by atoms with Crippen molar-refractivity contribution in [2.45, 2.75) is 68.2 Å². The second-order valence-electron chi connectivity index (χ2n) is 6.00. The van der Waals surface area contributed by atoms with E-state index in [0.29, 0.717) is 11.8 Å². The smallest absolute Gasteiger partial charge is 0.341 e. The predicted molar refractivity (Wildman–Crippen MR) is 125 cm³/mol. The lowest BCUT2D eigenvalue weighted by Crippen LogP contribution is -2.30. The fourth-order valence-corrected chi connectivity index (χ4v) is 2.42. The number of aromatic nitrogens is 3. The van der Waals surface area contributed by atoms with Crippen molar-refractivity contribution in [3.63, 3.8) is 0 Å². The lowest BCUT2D eigenvalue weighted by molar-refractivity contribution is 0.712. The van der Waals surface area contributed by atoms with Crippen LogP contribution in [0.4, 0.5) is 11.6 Å². The van der Waals surface area contributed by atoms with E-state index in [1.54, 1.807) is 0 Å². The van der Waals surface area contributed by atoms with Crippen LogP contribution in [0.15, 0.2) is 28.1 Å². The number of nitrogens with one attached hydrogen (secondary N) is 2. The van der Waals surface area contributed by atoms with Crippen LogP contribution in [0.3, 0.4) is 0 Å². The molecule has 0 fully saturated rings. The molecule has 1 aromatic carbocycles. The maximum absolute atomic E-state index is 11.8. The van der Waals surface area contributed by atoms with Gasteiger partial charge in [0, 0.05) is 13.1 Å².